The molecule has 3 rings (SSSR count). The molecule has 1 saturated heterocycles. The molecule has 1 aliphatic rings. The third-order valence-corrected chi connectivity index (χ3v) is 7.13. The lowest BCUT2D eigenvalue weighted by Gasteiger charge is -2.31. The van der Waals surface area contributed by atoms with Crippen LogP contribution >= 0.6 is 11.6 Å². The number of piperidine rings is 1. The van der Waals surface area contributed by atoms with E-state index in [2.05, 4.69) is 5.32 Å². The summed E-state index contributed by atoms with van der Waals surface area (Å²) in [6.07, 6.45) is 1.04. The van der Waals surface area contributed by atoms with Crippen molar-refractivity contribution in [3.05, 3.63) is 58.9 Å². The average molecular weight is 469 g/mol. The summed E-state index contributed by atoms with van der Waals surface area (Å²) >= 11 is 6.12. The van der Waals surface area contributed by atoms with E-state index in [1.807, 2.05) is 0 Å². The molecule has 7 nitrogen and oxygen atoms in total. The van der Waals surface area contributed by atoms with Gasteiger partial charge in [-0.2, -0.15) is 4.31 Å². The van der Waals surface area contributed by atoms with Crippen LogP contribution in [0.2, 0.25) is 5.02 Å². The van der Waals surface area contributed by atoms with Gasteiger partial charge in [0.15, 0.2) is 0 Å². The van der Waals surface area contributed by atoms with Crippen LogP contribution in [0, 0.1) is 11.7 Å². The molecule has 2 aromatic rings. The number of nitrogens with one attached hydrogen (secondary N) is 1. The molecular weight excluding hydrogens is 447 g/mol. The number of carbonyl (C=O) groups is 2. The van der Waals surface area contributed by atoms with E-state index in [0.29, 0.717) is 18.5 Å². The van der Waals surface area contributed by atoms with E-state index in [1.54, 1.807) is 6.92 Å². The van der Waals surface area contributed by atoms with Gasteiger partial charge in [-0.25, -0.2) is 17.6 Å². The lowest BCUT2D eigenvalue weighted by atomic mass is 9.98. The summed E-state index contributed by atoms with van der Waals surface area (Å²) in [5.41, 5.74) is 0.581. The molecule has 1 atom stereocenters. The topological polar surface area (TPSA) is 92.8 Å². The molecule has 1 amide bonds. The molecule has 0 radical (unpaired) electrons. The summed E-state index contributed by atoms with van der Waals surface area (Å²) in [5, 5.41) is 2.86. The number of anilines is 1. The Morgan fingerprint density at radius 2 is 1.94 bits per heavy atom. The van der Waals surface area contributed by atoms with E-state index in [9.17, 15) is 22.4 Å². The standard InChI is InChI=1S/C21H22ClFN2O5S/c1-2-30-21(27)18-10-7-16(12-19(18)22)24-20(26)14-4-3-11-25(13-14)31(28,29)17-8-5-15(23)6-9-17/h5-10,12,14H,2-4,11,13H2,1H3,(H,24,26)/t14-/m0/s1. The van der Waals surface area contributed by atoms with E-state index in [0.717, 1.165) is 12.1 Å². The van der Waals surface area contributed by atoms with Gasteiger partial charge in [0.05, 0.1) is 28.0 Å². The van der Waals surface area contributed by atoms with Gasteiger partial charge in [-0.15, -0.1) is 0 Å². The van der Waals surface area contributed by atoms with Gasteiger partial charge in [-0.05, 0) is 62.2 Å². The van der Waals surface area contributed by atoms with Gasteiger partial charge in [0, 0.05) is 18.8 Å². The predicted octanol–water partition coefficient (Wildman–Crippen LogP) is 3.70. The van der Waals surface area contributed by atoms with Gasteiger partial charge in [-0.1, -0.05) is 11.6 Å². The molecule has 2 aromatic carbocycles. The molecule has 1 aliphatic heterocycles. The largest absolute Gasteiger partial charge is 0.462 e. The first-order valence-electron chi connectivity index (χ1n) is 9.75. The lowest BCUT2D eigenvalue weighted by Crippen LogP contribution is -2.43. The summed E-state index contributed by atoms with van der Waals surface area (Å²) in [5.74, 6) is -1.99. The number of carbonyl (C=O) groups excluding carboxylic acids is 2. The van der Waals surface area contributed by atoms with Crippen molar-refractivity contribution in [3.8, 4) is 0 Å². The smallest absolute Gasteiger partial charge is 0.339 e. The predicted molar refractivity (Wildman–Crippen MR) is 114 cm³/mol. The Kier molecular flexibility index (Phi) is 7.30. The number of hydrogen-bond donors (Lipinski definition) is 1. The minimum atomic E-state index is -3.83. The number of rotatable bonds is 6. The van der Waals surface area contributed by atoms with Gasteiger partial charge in [0.25, 0.3) is 0 Å². The molecule has 1 N–H and O–H groups in total. The van der Waals surface area contributed by atoms with Crippen LogP contribution in [0.5, 0.6) is 0 Å². The van der Waals surface area contributed by atoms with Crippen LogP contribution in [-0.2, 0) is 19.6 Å². The van der Waals surface area contributed by atoms with Gasteiger partial charge in [-0.3, -0.25) is 4.79 Å². The Balaban J connectivity index is 1.69. The van der Waals surface area contributed by atoms with Crippen LogP contribution in [0.1, 0.15) is 30.1 Å². The van der Waals surface area contributed by atoms with Crippen molar-refractivity contribution in [2.24, 2.45) is 5.92 Å². The molecule has 10 heteroatoms. The zero-order valence-electron chi connectivity index (χ0n) is 16.8. The van der Waals surface area contributed by atoms with Crippen LogP contribution < -0.4 is 5.32 Å². The summed E-state index contributed by atoms with van der Waals surface area (Å²) in [6.45, 7) is 2.19. The molecule has 0 unspecified atom stereocenters. The fraction of sp³-hybridized carbons (Fsp3) is 0.333. The maximum atomic E-state index is 13.1. The Morgan fingerprint density at radius 1 is 1.23 bits per heavy atom. The first-order valence-corrected chi connectivity index (χ1v) is 11.6. The van der Waals surface area contributed by atoms with E-state index < -0.39 is 27.7 Å². The minimum absolute atomic E-state index is 0.0141. The molecule has 31 heavy (non-hydrogen) atoms. The number of sulfonamides is 1. The molecular formula is C21H22ClFN2O5S. The van der Waals surface area contributed by atoms with Crippen LogP contribution in [0.25, 0.3) is 0 Å². The highest BCUT2D eigenvalue weighted by Gasteiger charge is 2.33. The molecule has 0 spiro atoms. The van der Waals surface area contributed by atoms with Gasteiger partial charge in [0.1, 0.15) is 5.82 Å². The van der Waals surface area contributed by atoms with Gasteiger partial charge in [0.2, 0.25) is 15.9 Å². The molecule has 0 aliphatic carbocycles. The third kappa shape index (κ3) is 5.41. The highest BCUT2D eigenvalue weighted by molar-refractivity contribution is 7.89. The van der Waals surface area contributed by atoms with Crippen molar-refractivity contribution in [2.75, 3.05) is 25.0 Å². The summed E-state index contributed by atoms with van der Waals surface area (Å²) in [4.78, 5) is 24.6. The second-order valence-electron chi connectivity index (χ2n) is 7.06. The molecule has 166 valence electrons. The SMILES string of the molecule is CCOC(=O)c1ccc(NC(=O)[C@H]2CCCN(S(=O)(=O)c3ccc(F)cc3)C2)cc1Cl. The van der Waals surface area contributed by atoms with E-state index in [4.69, 9.17) is 16.3 Å². The van der Waals surface area contributed by atoms with Crippen molar-refractivity contribution in [3.63, 3.8) is 0 Å². The van der Waals surface area contributed by atoms with Crippen molar-refractivity contribution < 1.29 is 27.1 Å². The first-order chi connectivity index (χ1) is 14.7. The van der Waals surface area contributed by atoms with Crippen LogP contribution in [0.4, 0.5) is 10.1 Å². The van der Waals surface area contributed by atoms with Crippen molar-refractivity contribution in [2.45, 2.75) is 24.7 Å². The zero-order valence-corrected chi connectivity index (χ0v) is 18.4. The third-order valence-electron chi connectivity index (χ3n) is 4.94. The first kappa shape index (κ1) is 23.2. The molecule has 0 saturated carbocycles. The number of nitrogens with zero attached hydrogens (tertiary/aromatic N) is 1. The van der Waals surface area contributed by atoms with E-state index >= 15 is 0 Å². The molecule has 1 fully saturated rings. The number of ether oxygens (including phenoxy) is 1. The normalized spacial score (nSPS) is 17.2. The summed E-state index contributed by atoms with van der Waals surface area (Å²) in [6, 6.07) is 9.04. The minimum Gasteiger partial charge on any atom is -0.462 e. The van der Waals surface area contributed by atoms with Crippen LogP contribution in [0.15, 0.2) is 47.4 Å². The summed E-state index contributed by atoms with van der Waals surface area (Å²) in [7, 11) is -3.83. The summed E-state index contributed by atoms with van der Waals surface area (Å²) < 4.78 is 45.0. The maximum Gasteiger partial charge on any atom is 0.339 e. The number of amides is 1. The van der Waals surface area contributed by atoms with Crippen LogP contribution in [-0.4, -0.2) is 44.3 Å². The van der Waals surface area contributed by atoms with Crippen molar-refractivity contribution in [1.82, 2.24) is 4.31 Å². The highest BCUT2D eigenvalue weighted by atomic mass is 35.5. The lowest BCUT2D eigenvalue weighted by molar-refractivity contribution is -0.120. The fourth-order valence-electron chi connectivity index (χ4n) is 3.34. The Morgan fingerprint density at radius 3 is 2.58 bits per heavy atom. The van der Waals surface area contributed by atoms with Gasteiger partial charge < -0.3 is 10.1 Å². The Bertz CT molecular complexity index is 1080. The molecule has 0 aromatic heterocycles. The van der Waals surface area contributed by atoms with Crippen LogP contribution in [0.3, 0.4) is 0 Å². The van der Waals surface area contributed by atoms with E-state index in [1.165, 1.54) is 34.6 Å². The van der Waals surface area contributed by atoms with Crippen molar-refractivity contribution >= 4 is 39.2 Å². The van der Waals surface area contributed by atoms with Gasteiger partial charge >= 0.3 is 5.97 Å². The highest BCUT2D eigenvalue weighted by Crippen LogP contribution is 2.26. The molecule has 1 heterocycles. The fourth-order valence-corrected chi connectivity index (χ4v) is 5.12. The number of halogens is 2. The quantitative estimate of drug-likeness (QED) is 0.652. The number of benzene rings is 2. The molecule has 0 bridgehead atoms. The zero-order chi connectivity index (χ0) is 22.6. The number of esters is 1. The Hall–Kier alpha value is -2.49. The average Bonchev–Trinajstić information content (AvgIpc) is 2.74. The number of hydrogen-bond acceptors (Lipinski definition) is 5. The van der Waals surface area contributed by atoms with Crippen molar-refractivity contribution in [1.29, 1.82) is 0 Å². The second-order valence-corrected chi connectivity index (χ2v) is 9.41. The maximum absolute atomic E-state index is 13.1. The Labute approximate surface area is 185 Å². The van der Waals surface area contributed by atoms with E-state index in [-0.39, 0.29) is 41.1 Å². The monoisotopic (exact) mass is 468 g/mol. The second kappa shape index (κ2) is 9.76.